The van der Waals surface area contributed by atoms with E-state index >= 15 is 0 Å². The highest BCUT2D eigenvalue weighted by Gasteiger charge is 2.17. The van der Waals surface area contributed by atoms with Gasteiger partial charge in [-0.2, -0.15) is 0 Å². The van der Waals surface area contributed by atoms with E-state index in [1.807, 2.05) is 36.2 Å². The van der Waals surface area contributed by atoms with Crippen LogP contribution in [0.15, 0.2) is 48.5 Å². The average Bonchev–Trinajstić information content (AvgIpc) is 2.56. The molecule has 0 aliphatic rings. The monoisotopic (exact) mass is 316 g/mol. The molecule has 2 rings (SSSR count). The molecule has 2 aromatic carbocycles. The number of likely N-dealkylation sites (N-methyl/N-ethyl adjacent to an activating group) is 1. The second kappa shape index (κ2) is 7.71. The van der Waals surface area contributed by atoms with E-state index in [-0.39, 0.29) is 18.3 Å². The van der Waals surface area contributed by atoms with Gasteiger partial charge >= 0.3 is 0 Å². The van der Waals surface area contributed by atoms with Gasteiger partial charge in [-0.05, 0) is 30.3 Å². The second-order valence-electron chi connectivity index (χ2n) is 5.31. The number of aliphatic hydroxyl groups is 1. The minimum Gasteiger partial charge on any atom is -0.497 e. The molecule has 0 radical (unpaired) electrons. The van der Waals surface area contributed by atoms with Crippen molar-refractivity contribution in [3.63, 3.8) is 0 Å². The van der Waals surface area contributed by atoms with E-state index in [1.54, 1.807) is 19.2 Å². The smallest absolute Gasteiger partial charge is 0.269 e. The number of benzene rings is 2. The number of ether oxygens (including phenoxy) is 1. The third-order valence-corrected chi connectivity index (χ3v) is 3.78. The van der Waals surface area contributed by atoms with Crippen LogP contribution in [0.4, 0.5) is 5.69 Å². The largest absolute Gasteiger partial charge is 0.497 e. The number of nitro groups is 1. The molecule has 0 aromatic heterocycles. The normalized spacial score (nSPS) is 12.2. The number of methoxy groups -OCH3 is 1. The van der Waals surface area contributed by atoms with Gasteiger partial charge in [0.15, 0.2) is 0 Å². The first-order valence-electron chi connectivity index (χ1n) is 7.23. The SMILES string of the molecule is COc1ccc(C(CO)N(C)Cc2ccc([N+](=O)[O-])cc2)cc1. The number of hydrogen-bond donors (Lipinski definition) is 1. The van der Waals surface area contributed by atoms with Crippen molar-refractivity contribution in [2.24, 2.45) is 0 Å². The summed E-state index contributed by atoms with van der Waals surface area (Å²) in [5, 5.41) is 20.4. The standard InChI is InChI=1S/C17H20N2O4/c1-18(11-13-3-7-15(8-4-13)19(21)22)17(12-20)14-5-9-16(23-2)10-6-14/h3-10,17,20H,11-12H2,1-2H3. The van der Waals surface area contributed by atoms with Gasteiger partial charge in [-0.3, -0.25) is 15.0 Å². The van der Waals surface area contributed by atoms with Gasteiger partial charge in [0.2, 0.25) is 0 Å². The molecule has 2 aromatic rings. The van der Waals surface area contributed by atoms with Gasteiger partial charge in [-0.1, -0.05) is 24.3 Å². The number of hydrogen-bond acceptors (Lipinski definition) is 5. The highest BCUT2D eigenvalue weighted by atomic mass is 16.6. The van der Waals surface area contributed by atoms with Crippen LogP contribution in [0.2, 0.25) is 0 Å². The Morgan fingerprint density at radius 2 is 1.78 bits per heavy atom. The molecule has 0 saturated heterocycles. The zero-order valence-electron chi connectivity index (χ0n) is 13.2. The number of rotatable bonds is 7. The summed E-state index contributed by atoms with van der Waals surface area (Å²) < 4.78 is 5.14. The Morgan fingerprint density at radius 3 is 2.26 bits per heavy atom. The van der Waals surface area contributed by atoms with Crippen LogP contribution >= 0.6 is 0 Å². The summed E-state index contributed by atoms with van der Waals surface area (Å²) in [5.74, 6) is 0.767. The molecule has 0 saturated carbocycles. The van der Waals surface area contributed by atoms with Gasteiger partial charge in [-0.25, -0.2) is 0 Å². The number of aliphatic hydroxyl groups excluding tert-OH is 1. The molecule has 0 aliphatic heterocycles. The number of nitrogens with zero attached hydrogens (tertiary/aromatic N) is 2. The Morgan fingerprint density at radius 1 is 1.17 bits per heavy atom. The van der Waals surface area contributed by atoms with E-state index in [0.29, 0.717) is 6.54 Å². The molecule has 1 unspecified atom stereocenters. The molecule has 1 atom stereocenters. The quantitative estimate of drug-likeness (QED) is 0.628. The van der Waals surface area contributed by atoms with E-state index in [1.165, 1.54) is 12.1 Å². The van der Waals surface area contributed by atoms with Gasteiger partial charge in [0.25, 0.3) is 5.69 Å². The Bertz CT molecular complexity index is 641. The maximum absolute atomic E-state index is 10.7. The summed E-state index contributed by atoms with van der Waals surface area (Å²) in [7, 11) is 3.52. The molecular weight excluding hydrogens is 296 g/mol. The molecule has 122 valence electrons. The van der Waals surface area contributed by atoms with Crippen LogP contribution in [0.3, 0.4) is 0 Å². The van der Waals surface area contributed by atoms with Gasteiger partial charge in [0, 0.05) is 18.7 Å². The Balaban J connectivity index is 2.09. The van der Waals surface area contributed by atoms with Gasteiger partial charge in [-0.15, -0.1) is 0 Å². The number of nitro benzene ring substituents is 1. The molecule has 0 amide bonds. The summed E-state index contributed by atoms with van der Waals surface area (Å²) in [4.78, 5) is 12.3. The van der Waals surface area contributed by atoms with Crippen molar-refractivity contribution < 1.29 is 14.8 Å². The van der Waals surface area contributed by atoms with Crippen LogP contribution in [0, 0.1) is 10.1 Å². The van der Waals surface area contributed by atoms with Crippen molar-refractivity contribution in [1.82, 2.24) is 4.90 Å². The van der Waals surface area contributed by atoms with E-state index < -0.39 is 4.92 Å². The van der Waals surface area contributed by atoms with E-state index in [2.05, 4.69) is 0 Å². The fourth-order valence-corrected chi connectivity index (χ4v) is 2.45. The Kier molecular flexibility index (Phi) is 5.67. The Hall–Kier alpha value is -2.44. The van der Waals surface area contributed by atoms with E-state index in [4.69, 9.17) is 4.74 Å². The van der Waals surface area contributed by atoms with E-state index in [0.717, 1.165) is 16.9 Å². The molecule has 0 spiro atoms. The molecule has 0 aliphatic carbocycles. The lowest BCUT2D eigenvalue weighted by Gasteiger charge is -2.27. The summed E-state index contributed by atoms with van der Waals surface area (Å²) in [6, 6.07) is 13.9. The first-order chi connectivity index (χ1) is 11.0. The molecule has 1 N–H and O–H groups in total. The fourth-order valence-electron chi connectivity index (χ4n) is 2.45. The van der Waals surface area contributed by atoms with Crippen molar-refractivity contribution in [2.45, 2.75) is 12.6 Å². The van der Waals surface area contributed by atoms with Gasteiger partial charge < -0.3 is 9.84 Å². The summed E-state index contributed by atoms with van der Waals surface area (Å²) >= 11 is 0. The van der Waals surface area contributed by atoms with Crippen LogP contribution in [-0.2, 0) is 6.54 Å². The zero-order chi connectivity index (χ0) is 16.8. The number of non-ortho nitro benzene ring substituents is 1. The van der Waals surface area contributed by atoms with Crippen molar-refractivity contribution >= 4 is 5.69 Å². The molecule has 0 fully saturated rings. The highest BCUT2D eigenvalue weighted by Crippen LogP contribution is 2.23. The van der Waals surface area contributed by atoms with Crippen molar-refractivity contribution in [3.8, 4) is 5.75 Å². The van der Waals surface area contributed by atoms with E-state index in [9.17, 15) is 15.2 Å². The lowest BCUT2D eigenvalue weighted by Crippen LogP contribution is -2.26. The summed E-state index contributed by atoms with van der Waals surface area (Å²) in [6.45, 7) is 0.561. The third kappa shape index (κ3) is 4.28. The topological polar surface area (TPSA) is 75.8 Å². The van der Waals surface area contributed by atoms with Crippen LogP contribution in [0.25, 0.3) is 0 Å². The van der Waals surface area contributed by atoms with Gasteiger partial charge in [0.1, 0.15) is 5.75 Å². The third-order valence-electron chi connectivity index (χ3n) is 3.78. The van der Waals surface area contributed by atoms with Crippen LogP contribution < -0.4 is 4.74 Å². The van der Waals surface area contributed by atoms with Crippen LogP contribution in [-0.4, -0.2) is 35.7 Å². The Labute approximate surface area is 135 Å². The lowest BCUT2D eigenvalue weighted by molar-refractivity contribution is -0.384. The zero-order valence-corrected chi connectivity index (χ0v) is 13.2. The minimum atomic E-state index is -0.415. The molecular formula is C17H20N2O4. The fraction of sp³-hybridized carbons (Fsp3) is 0.294. The highest BCUT2D eigenvalue weighted by molar-refractivity contribution is 5.33. The average molecular weight is 316 g/mol. The summed E-state index contributed by atoms with van der Waals surface area (Å²) in [6.07, 6.45) is 0. The predicted octanol–water partition coefficient (Wildman–Crippen LogP) is 2.77. The predicted molar refractivity (Wildman–Crippen MR) is 87.4 cm³/mol. The van der Waals surface area contributed by atoms with Crippen molar-refractivity contribution in [1.29, 1.82) is 0 Å². The minimum absolute atomic E-state index is 0.0180. The molecule has 23 heavy (non-hydrogen) atoms. The molecule has 6 heteroatoms. The maximum Gasteiger partial charge on any atom is 0.269 e. The molecule has 0 heterocycles. The first-order valence-corrected chi connectivity index (χ1v) is 7.23. The molecule has 6 nitrogen and oxygen atoms in total. The molecule has 0 bridgehead atoms. The van der Waals surface area contributed by atoms with Crippen LogP contribution in [0.1, 0.15) is 17.2 Å². The van der Waals surface area contributed by atoms with Crippen LogP contribution in [0.5, 0.6) is 5.75 Å². The lowest BCUT2D eigenvalue weighted by atomic mass is 10.1. The summed E-state index contributed by atoms with van der Waals surface area (Å²) in [5.41, 5.74) is 2.01. The van der Waals surface area contributed by atoms with Crippen molar-refractivity contribution in [2.75, 3.05) is 20.8 Å². The second-order valence-corrected chi connectivity index (χ2v) is 5.31. The van der Waals surface area contributed by atoms with Gasteiger partial charge in [0.05, 0.1) is 24.7 Å². The first kappa shape index (κ1) is 16.9. The van der Waals surface area contributed by atoms with Crippen molar-refractivity contribution in [3.05, 3.63) is 69.8 Å². The maximum atomic E-state index is 10.7.